The Morgan fingerprint density at radius 3 is 2.61 bits per heavy atom. The summed E-state index contributed by atoms with van der Waals surface area (Å²) in [5.41, 5.74) is 2.95. The van der Waals surface area contributed by atoms with Crippen molar-refractivity contribution < 1.29 is 22.5 Å². The minimum absolute atomic E-state index is 0.00329. The summed E-state index contributed by atoms with van der Waals surface area (Å²) in [6.45, 7) is 2.87. The number of halogens is 3. The van der Waals surface area contributed by atoms with Crippen LogP contribution in [0.25, 0.3) is 22.2 Å². The molecule has 4 heterocycles. The van der Waals surface area contributed by atoms with Crippen molar-refractivity contribution in [2.75, 3.05) is 19.6 Å². The number of ketones is 1. The van der Waals surface area contributed by atoms with Crippen LogP contribution in [0.3, 0.4) is 0 Å². The molecule has 1 fully saturated rings. The van der Waals surface area contributed by atoms with Gasteiger partial charge in [0.1, 0.15) is 5.78 Å². The number of nitrogens with zero attached hydrogens (tertiary/aromatic N) is 4. The second-order valence-corrected chi connectivity index (χ2v) is 8.05. The van der Waals surface area contributed by atoms with Crippen molar-refractivity contribution in [3.05, 3.63) is 42.0 Å². The third-order valence-corrected chi connectivity index (χ3v) is 5.65. The van der Waals surface area contributed by atoms with E-state index in [0.29, 0.717) is 42.9 Å². The van der Waals surface area contributed by atoms with Crippen molar-refractivity contribution in [3.8, 4) is 11.3 Å². The number of rotatable bonds is 6. The molecule has 1 saturated heterocycles. The van der Waals surface area contributed by atoms with Crippen LogP contribution in [0.5, 0.6) is 0 Å². The maximum Gasteiger partial charge on any atom is 0.390 e. The molecule has 31 heavy (non-hydrogen) atoms. The fourth-order valence-electron chi connectivity index (χ4n) is 3.89. The fraction of sp³-hybridized carbons (Fsp3) is 0.455. The highest BCUT2D eigenvalue weighted by atomic mass is 19.4. The van der Waals surface area contributed by atoms with Crippen LogP contribution in [0.1, 0.15) is 30.7 Å². The van der Waals surface area contributed by atoms with Crippen molar-refractivity contribution in [1.82, 2.24) is 20.0 Å². The Hall–Kier alpha value is -2.81. The van der Waals surface area contributed by atoms with Crippen molar-refractivity contribution >= 4 is 16.7 Å². The summed E-state index contributed by atoms with van der Waals surface area (Å²) >= 11 is 0. The van der Waals surface area contributed by atoms with Gasteiger partial charge in [0.25, 0.3) is 0 Å². The standard InChI is InChI=1S/C22H23F3N4O2/c1-14-8-21(31-28-14)17-9-16-10-18(26-13-19(16)27-12-17)11-20(30)15-2-5-29(6-3-15)7-4-22(23,24)25/h8-10,12-13,15H,2-7,11H2,1H3. The minimum Gasteiger partial charge on any atom is -0.356 e. The molecule has 1 aliphatic heterocycles. The summed E-state index contributed by atoms with van der Waals surface area (Å²) in [5, 5.41) is 4.74. The van der Waals surface area contributed by atoms with E-state index in [-0.39, 0.29) is 24.7 Å². The maximum atomic E-state index is 12.7. The quantitative estimate of drug-likeness (QED) is 0.576. The lowest BCUT2D eigenvalue weighted by atomic mass is 9.90. The van der Waals surface area contributed by atoms with E-state index < -0.39 is 12.6 Å². The van der Waals surface area contributed by atoms with Gasteiger partial charge in [-0.1, -0.05) is 5.16 Å². The molecule has 1 aliphatic rings. The smallest absolute Gasteiger partial charge is 0.356 e. The van der Waals surface area contributed by atoms with Gasteiger partial charge in [0.05, 0.1) is 23.8 Å². The number of alkyl halides is 3. The van der Waals surface area contributed by atoms with Gasteiger partial charge in [0.15, 0.2) is 5.76 Å². The van der Waals surface area contributed by atoms with E-state index >= 15 is 0 Å². The number of pyridine rings is 2. The van der Waals surface area contributed by atoms with E-state index in [2.05, 4.69) is 15.1 Å². The SMILES string of the molecule is Cc1cc(-c2cnc3cnc(CC(=O)C4CCN(CCC(F)(F)F)CC4)cc3c2)on1. The summed E-state index contributed by atoms with van der Waals surface area (Å²) in [4.78, 5) is 23.3. The Morgan fingerprint density at radius 2 is 1.94 bits per heavy atom. The molecule has 6 nitrogen and oxygen atoms in total. The van der Waals surface area contributed by atoms with Crippen LogP contribution in [0.4, 0.5) is 13.2 Å². The van der Waals surface area contributed by atoms with Crippen LogP contribution >= 0.6 is 0 Å². The van der Waals surface area contributed by atoms with Gasteiger partial charge in [-0.2, -0.15) is 13.2 Å². The number of hydrogen-bond donors (Lipinski definition) is 0. The molecule has 0 bridgehead atoms. The Labute approximate surface area is 177 Å². The first-order valence-corrected chi connectivity index (χ1v) is 10.3. The van der Waals surface area contributed by atoms with Gasteiger partial charge in [0, 0.05) is 47.8 Å². The molecule has 4 rings (SSSR count). The topological polar surface area (TPSA) is 72.1 Å². The Bertz CT molecular complexity index is 1070. The van der Waals surface area contributed by atoms with E-state index in [1.807, 2.05) is 25.1 Å². The summed E-state index contributed by atoms with van der Waals surface area (Å²) < 4.78 is 42.5. The Kier molecular flexibility index (Phi) is 6.04. The van der Waals surface area contributed by atoms with E-state index in [1.165, 1.54) is 0 Å². The van der Waals surface area contributed by atoms with Crippen LogP contribution in [0.15, 0.2) is 35.1 Å². The molecule has 0 spiro atoms. The molecule has 3 aromatic rings. The number of aromatic nitrogens is 3. The Morgan fingerprint density at radius 1 is 1.16 bits per heavy atom. The highest BCUT2D eigenvalue weighted by molar-refractivity contribution is 5.86. The van der Waals surface area contributed by atoms with Gasteiger partial charge in [-0.05, 0) is 45.0 Å². The van der Waals surface area contributed by atoms with Gasteiger partial charge < -0.3 is 9.42 Å². The maximum absolute atomic E-state index is 12.7. The average Bonchev–Trinajstić information content (AvgIpc) is 3.18. The molecule has 0 aromatic carbocycles. The molecular formula is C22H23F3N4O2. The summed E-state index contributed by atoms with van der Waals surface area (Å²) in [6.07, 6.45) is -0.239. The van der Waals surface area contributed by atoms with Gasteiger partial charge in [-0.3, -0.25) is 14.8 Å². The summed E-state index contributed by atoms with van der Waals surface area (Å²) in [5.74, 6) is 0.567. The minimum atomic E-state index is -4.14. The summed E-state index contributed by atoms with van der Waals surface area (Å²) in [7, 11) is 0. The van der Waals surface area contributed by atoms with Crippen molar-refractivity contribution in [1.29, 1.82) is 0 Å². The van der Waals surface area contributed by atoms with Crippen molar-refractivity contribution in [3.63, 3.8) is 0 Å². The highest BCUT2D eigenvalue weighted by Crippen LogP contribution is 2.26. The molecule has 0 atom stereocenters. The second-order valence-electron chi connectivity index (χ2n) is 8.05. The van der Waals surface area contributed by atoms with Crippen molar-refractivity contribution in [2.45, 2.75) is 38.8 Å². The third kappa shape index (κ3) is 5.46. The zero-order valence-corrected chi connectivity index (χ0v) is 17.2. The lowest BCUT2D eigenvalue weighted by molar-refractivity contribution is -0.139. The first kappa shape index (κ1) is 21.4. The monoisotopic (exact) mass is 432 g/mol. The predicted molar refractivity (Wildman–Crippen MR) is 108 cm³/mol. The van der Waals surface area contributed by atoms with Crippen LogP contribution in [0, 0.1) is 12.8 Å². The molecule has 0 amide bonds. The molecule has 3 aromatic heterocycles. The van der Waals surface area contributed by atoms with E-state index in [0.717, 1.165) is 16.6 Å². The van der Waals surface area contributed by atoms with Gasteiger partial charge in [0.2, 0.25) is 0 Å². The first-order valence-electron chi connectivity index (χ1n) is 10.3. The molecule has 0 N–H and O–H groups in total. The number of Topliss-reactive ketones (excluding diaryl/α,β-unsaturated/α-hetero) is 1. The number of aryl methyl sites for hydroxylation is 1. The first-order chi connectivity index (χ1) is 14.8. The Balaban J connectivity index is 1.38. The van der Waals surface area contributed by atoms with E-state index in [4.69, 9.17) is 4.52 Å². The van der Waals surface area contributed by atoms with Crippen molar-refractivity contribution in [2.24, 2.45) is 5.92 Å². The zero-order chi connectivity index (χ0) is 22.0. The summed E-state index contributed by atoms with van der Waals surface area (Å²) in [6, 6.07) is 5.61. The molecule has 164 valence electrons. The molecule has 0 unspecified atom stereocenters. The van der Waals surface area contributed by atoms with Crippen LogP contribution < -0.4 is 0 Å². The van der Waals surface area contributed by atoms with Crippen LogP contribution in [-0.2, 0) is 11.2 Å². The van der Waals surface area contributed by atoms with Gasteiger partial charge in [-0.25, -0.2) is 0 Å². The second kappa shape index (κ2) is 8.74. The zero-order valence-electron chi connectivity index (χ0n) is 17.2. The van der Waals surface area contributed by atoms with E-state index in [9.17, 15) is 18.0 Å². The number of carbonyl (C=O) groups is 1. The number of fused-ring (bicyclic) bond motifs is 1. The molecule has 0 saturated carbocycles. The van der Waals surface area contributed by atoms with Crippen LogP contribution in [-0.4, -0.2) is 51.6 Å². The number of piperidine rings is 1. The lowest BCUT2D eigenvalue weighted by Crippen LogP contribution is -2.38. The predicted octanol–water partition coefficient (Wildman–Crippen LogP) is 4.37. The number of likely N-dealkylation sites (tertiary alicyclic amines) is 1. The molecular weight excluding hydrogens is 409 g/mol. The van der Waals surface area contributed by atoms with Gasteiger partial charge in [-0.15, -0.1) is 0 Å². The average molecular weight is 432 g/mol. The fourth-order valence-corrected chi connectivity index (χ4v) is 3.89. The van der Waals surface area contributed by atoms with E-state index in [1.54, 1.807) is 17.3 Å². The lowest BCUT2D eigenvalue weighted by Gasteiger charge is -2.31. The van der Waals surface area contributed by atoms with Crippen LogP contribution in [0.2, 0.25) is 0 Å². The largest absolute Gasteiger partial charge is 0.390 e. The normalized spacial score (nSPS) is 16.1. The number of hydrogen-bond acceptors (Lipinski definition) is 6. The van der Waals surface area contributed by atoms with Gasteiger partial charge >= 0.3 is 6.18 Å². The highest BCUT2D eigenvalue weighted by Gasteiger charge is 2.30. The molecule has 0 aliphatic carbocycles. The molecule has 9 heteroatoms. The third-order valence-electron chi connectivity index (χ3n) is 5.65. The number of carbonyl (C=O) groups excluding carboxylic acids is 1. The molecule has 0 radical (unpaired) electrons.